The third-order valence-corrected chi connectivity index (χ3v) is 4.10. The molecular weight excluding hydrogens is 352 g/mol. The summed E-state index contributed by atoms with van der Waals surface area (Å²) in [6.45, 7) is 4.08. The van der Waals surface area contributed by atoms with Crippen LogP contribution in [0.25, 0.3) is 11.3 Å². The summed E-state index contributed by atoms with van der Waals surface area (Å²) in [4.78, 5) is 11.0. The van der Waals surface area contributed by atoms with E-state index in [2.05, 4.69) is 26.1 Å². The van der Waals surface area contributed by atoms with Gasteiger partial charge in [-0.3, -0.25) is 5.10 Å². The molecule has 118 valence electrons. The van der Waals surface area contributed by atoms with Crippen molar-refractivity contribution in [3.63, 3.8) is 0 Å². The van der Waals surface area contributed by atoms with E-state index < -0.39 is 5.97 Å². The van der Waals surface area contributed by atoms with Gasteiger partial charge in [-0.15, -0.1) is 0 Å². The Labute approximate surface area is 136 Å². The molecule has 22 heavy (non-hydrogen) atoms. The molecule has 0 aliphatic carbocycles. The number of ether oxygens (including phenoxy) is 2. The first-order valence-electron chi connectivity index (χ1n) is 6.64. The number of aromatic nitrogens is 2. The standard InChI is InChI=1S/C15H17BrN2O4/c1-7(2)12-8(9-6-10(15(19)20)18-17-9)5-11(21-3)14(22-4)13(12)16/h5-7H,1-4H3,(H,17,18)(H,19,20). The van der Waals surface area contributed by atoms with Gasteiger partial charge in [-0.25, -0.2) is 4.79 Å². The van der Waals surface area contributed by atoms with Crippen LogP contribution in [-0.2, 0) is 0 Å². The maximum Gasteiger partial charge on any atom is 0.353 e. The summed E-state index contributed by atoms with van der Waals surface area (Å²) >= 11 is 3.56. The summed E-state index contributed by atoms with van der Waals surface area (Å²) in [6, 6.07) is 3.31. The molecule has 2 rings (SSSR count). The highest BCUT2D eigenvalue weighted by Crippen LogP contribution is 2.45. The van der Waals surface area contributed by atoms with Crippen molar-refractivity contribution in [2.75, 3.05) is 14.2 Å². The van der Waals surface area contributed by atoms with Gasteiger partial charge in [0.15, 0.2) is 11.5 Å². The molecule has 0 aliphatic heterocycles. The van der Waals surface area contributed by atoms with E-state index in [1.807, 2.05) is 13.8 Å². The fourth-order valence-corrected chi connectivity index (χ4v) is 3.34. The number of nitrogens with zero attached hydrogens (tertiary/aromatic N) is 1. The van der Waals surface area contributed by atoms with Crippen LogP contribution in [0.1, 0.15) is 35.8 Å². The first kappa shape index (κ1) is 16.4. The van der Waals surface area contributed by atoms with Gasteiger partial charge < -0.3 is 14.6 Å². The molecule has 0 spiro atoms. The lowest BCUT2D eigenvalue weighted by Crippen LogP contribution is -2.00. The van der Waals surface area contributed by atoms with Crippen LogP contribution in [0.15, 0.2) is 16.6 Å². The second-order valence-corrected chi connectivity index (χ2v) is 5.81. The lowest BCUT2D eigenvalue weighted by Gasteiger charge is -2.19. The van der Waals surface area contributed by atoms with Crippen LogP contribution in [0.2, 0.25) is 0 Å². The van der Waals surface area contributed by atoms with Crippen molar-refractivity contribution in [1.29, 1.82) is 0 Å². The number of hydrogen-bond acceptors (Lipinski definition) is 4. The SMILES string of the molecule is COc1cc(-c2cc(C(=O)O)[nH]n2)c(C(C)C)c(Br)c1OC. The Kier molecular flexibility index (Phi) is 4.75. The third kappa shape index (κ3) is 2.81. The number of carbonyl (C=O) groups is 1. The molecule has 2 aromatic rings. The summed E-state index contributed by atoms with van der Waals surface area (Å²) in [5.74, 6) is 0.274. The van der Waals surface area contributed by atoms with Gasteiger partial charge in [-0.2, -0.15) is 5.10 Å². The Bertz CT molecular complexity index is 710. The monoisotopic (exact) mass is 368 g/mol. The number of carboxylic acid groups (broad SMARTS) is 1. The number of benzene rings is 1. The van der Waals surface area contributed by atoms with Crippen molar-refractivity contribution in [2.24, 2.45) is 0 Å². The van der Waals surface area contributed by atoms with Crippen LogP contribution in [-0.4, -0.2) is 35.5 Å². The molecule has 1 aromatic heterocycles. The molecule has 2 N–H and O–H groups in total. The second-order valence-electron chi connectivity index (χ2n) is 5.01. The summed E-state index contributed by atoms with van der Waals surface area (Å²) in [5, 5.41) is 15.7. The van der Waals surface area contributed by atoms with E-state index >= 15 is 0 Å². The number of H-pyrrole nitrogens is 1. The first-order valence-corrected chi connectivity index (χ1v) is 7.43. The molecule has 0 bridgehead atoms. The van der Waals surface area contributed by atoms with Crippen molar-refractivity contribution in [3.05, 3.63) is 27.9 Å². The maximum absolute atomic E-state index is 11.0. The Morgan fingerprint density at radius 2 is 2.00 bits per heavy atom. The normalized spacial score (nSPS) is 10.8. The largest absolute Gasteiger partial charge is 0.493 e. The number of aromatic carboxylic acids is 1. The van der Waals surface area contributed by atoms with E-state index in [4.69, 9.17) is 14.6 Å². The Morgan fingerprint density at radius 3 is 2.45 bits per heavy atom. The van der Waals surface area contributed by atoms with E-state index in [1.54, 1.807) is 20.3 Å². The van der Waals surface area contributed by atoms with E-state index in [0.717, 1.165) is 15.6 Å². The number of halogens is 1. The minimum atomic E-state index is -1.05. The lowest BCUT2D eigenvalue weighted by atomic mass is 9.94. The number of nitrogens with one attached hydrogen (secondary N) is 1. The highest BCUT2D eigenvalue weighted by Gasteiger charge is 2.22. The minimum absolute atomic E-state index is 0.0376. The Hall–Kier alpha value is -2.02. The molecule has 1 aromatic carbocycles. The van der Waals surface area contributed by atoms with Gasteiger partial charge in [-0.05, 0) is 39.5 Å². The van der Waals surface area contributed by atoms with Crippen molar-refractivity contribution in [2.45, 2.75) is 19.8 Å². The van der Waals surface area contributed by atoms with Crippen molar-refractivity contribution in [3.8, 4) is 22.8 Å². The number of carboxylic acids is 1. The minimum Gasteiger partial charge on any atom is -0.493 e. The molecule has 0 saturated heterocycles. The van der Waals surface area contributed by atoms with Crippen molar-refractivity contribution >= 4 is 21.9 Å². The van der Waals surface area contributed by atoms with Crippen LogP contribution < -0.4 is 9.47 Å². The molecule has 0 aliphatic rings. The van der Waals surface area contributed by atoms with Crippen molar-refractivity contribution < 1.29 is 19.4 Å². The van der Waals surface area contributed by atoms with E-state index in [9.17, 15) is 4.79 Å². The lowest BCUT2D eigenvalue weighted by molar-refractivity contribution is 0.0690. The van der Waals surface area contributed by atoms with Gasteiger partial charge in [0.05, 0.1) is 24.4 Å². The van der Waals surface area contributed by atoms with Crippen LogP contribution in [0.5, 0.6) is 11.5 Å². The van der Waals surface area contributed by atoms with Gasteiger partial charge in [0.1, 0.15) is 5.69 Å². The molecular formula is C15H17BrN2O4. The molecule has 1 heterocycles. The van der Waals surface area contributed by atoms with Gasteiger partial charge in [0.25, 0.3) is 0 Å². The fraction of sp³-hybridized carbons (Fsp3) is 0.333. The molecule has 7 heteroatoms. The number of aromatic amines is 1. The van der Waals surface area contributed by atoms with Crippen LogP contribution in [0.4, 0.5) is 0 Å². The van der Waals surface area contributed by atoms with Gasteiger partial charge in [0, 0.05) is 5.56 Å². The van der Waals surface area contributed by atoms with Crippen LogP contribution >= 0.6 is 15.9 Å². The molecule has 0 fully saturated rings. The molecule has 6 nitrogen and oxygen atoms in total. The maximum atomic E-state index is 11.0. The topological polar surface area (TPSA) is 84.4 Å². The van der Waals surface area contributed by atoms with Gasteiger partial charge >= 0.3 is 5.97 Å². The summed E-state index contributed by atoms with van der Waals surface area (Å²) in [5.41, 5.74) is 2.35. The van der Waals surface area contributed by atoms with Crippen molar-refractivity contribution in [1.82, 2.24) is 10.2 Å². The highest BCUT2D eigenvalue weighted by atomic mass is 79.9. The summed E-state index contributed by atoms with van der Waals surface area (Å²) in [7, 11) is 3.12. The molecule has 0 radical (unpaired) electrons. The predicted octanol–water partition coefficient (Wildman–Crippen LogP) is 3.68. The van der Waals surface area contributed by atoms with Gasteiger partial charge in [-0.1, -0.05) is 13.8 Å². The zero-order chi connectivity index (χ0) is 16.4. The van der Waals surface area contributed by atoms with E-state index in [0.29, 0.717) is 17.2 Å². The molecule has 0 amide bonds. The zero-order valence-corrected chi connectivity index (χ0v) is 14.3. The predicted molar refractivity (Wildman–Crippen MR) is 85.9 cm³/mol. The molecule has 0 atom stereocenters. The van der Waals surface area contributed by atoms with Crippen LogP contribution in [0.3, 0.4) is 0 Å². The smallest absolute Gasteiger partial charge is 0.353 e. The number of methoxy groups -OCH3 is 2. The zero-order valence-electron chi connectivity index (χ0n) is 12.7. The molecule has 0 saturated carbocycles. The Balaban J connectivity index is 2.72. The summed E-state index contributed by atoms with van der Waals surface area (Å²) < 4.78 is 11.5. The van der Waals surface area contributed by atoms with E-state index in [-0.39, 0.29) is 11.6 Å². The summed E-state index contributed by atoms with van der Waals surface area (Å²) in [6.07, 6.45) is 0. The average Bonchev–Trinajstić information content (AvgIpc) is 2.95. The molecule has 0 unspecified atom stereocenters. The van der Waals surface area contributed by atoms with E-state index in [1.165, 1.54) is 6.07 Å². The third-order valence-electron chi connectivity index (χ3n) is 3.31. The first-order chi connectivity index (χ1) is 10.4. The second kappa shape index (κ2) is 6.39. The number of rotatable bonds is 5. The van der Waals surface area contributed by atoms with Crippen LogP contribution in [0, 0.1) is 0 Å². The quantitative estimate of drug-likeness (QED) is 0.840. The number of hydrogen-bond donors (Lipinski definition) is 2. The average molecular weight is 369 g/mol. The van der Waals surface area contributed by atoms with Gasteiger partial charge in [0.2, 0.25) is 0 Å². The highest BCUT2D eigenvalue weighted by molar-refractivity contribution is 9.10. The fourth-order valence-electron chi connectivity index (χ4n) is 2.31. The Morgan fingerprint density at radius 1 is 1.32 bits per heavy atom.